The van der Waals surface area contributed by atoms with Gasteiger partial charge in [0.25, 0.3) is 0 Å². The lowest BCUT2D eigenvalue weighted by Crippen LogP contribution is -2.09. The fraction of sp³-hybridized carbons (Fsp3) is 0.800. The van der Waals surface area contributed by atoms with Gasteiger partial charge in [0, 0.05) is 6.42 Å². The monoisotopic (exact) mass is 186 g/mol. The minimum atomic E-state index is -1.03. The molecular weight excluding hydrogens is 168 g/mol. The molecule has 0 radical (unpaired) electrons. The lowest BCUT2D eigenvalue weighted by molar-refractivity contribution is -0.140. The summed E-state index contributed by atoms with van der Waals surface area (Å²) in [6.45, 7) is 6.32. The average Bonchev–Trinajstić information content (AvgIpc) is 1.81. The van der Waals surface area contributed by atoms with Crippen molar-refractivity contribution in [1.82, 2.24) is 0 Å². The van der Waals surface area contributed by atoms with Gasteiger partial charge in [0.15, 0.2) is 0 Å². The third kappa shape index (κ3) is 9.05. The topological polar surface area (TPSA) is 54.4 Å². The van der Waals surface area contributed by atoms with Crippen LogP contribution in [0.4, 0.5) is 0 Å². The molecule has 0 aromatic heterocycles. The van der Waals surface area contributed by atoms with E-state index in [0.29, 0.717) is 6.42 Å². The standard InChI is InChI=1S/C10H18O3/c1-10(2,3)6-4-5-8(11)7-9(12)13/h4-7H2,1-3H3,(H,12,13). The molecule has 76 valence electrons. The zero-order valence-corrected chi connectivity index (χ0v) is 8.59. The number of Topliss-reactive ketones (excluding diaryl/α,β-unsaturated/α-hetero) is 1. The molecule has 0 spiro atoms. The number of hydrogen-bond acceptors (Lipinski definition) is 2. The van der Waals surface area contributed by atoms with Gasteiger partial charge in [-0.05, 0) is 18.3 Å². The summed E-state index contributed by atoms with van der Waals surface area (Å²) in [7, 11) is 0. The summed E-state index contributed by atoms with van der Waals surface area (Å²) >= 11 is 0. The molecule has 0 amide bonds. The molecule has 0 rings (SSSR count). The molecule has 0 aliphatic rings. The van der Waals surface area contributed by atoms with Crippen LogP contribution in [0.5, 0.6) is 0 Å². The van der Waals surface area contributed by atoms with Crippen molar-refractivity contribution in [2.45, 2.75) is 46.5 Å². The van der Waals surface area contributed by atoms with Crippen molar-refractivity contribution in [3.8, 4) is 0 Å². The SMILES string of the molecule is CC(C)(C)CCCC(=O)CC(=O)O. The predicted octanol–water partition coefficient (Wildman–Crippen LogP) is 2.25. The third-order valence-corrected chi connectivity index (χ3v) is 1.73. The van der Waals surface area contributed by atoms with E-state index < -0.39 is 5.97 Å². The molecule has 0 aliphatic heterocycles. The van der Waals surface area contributed by atoms with E-state index in [4.69, 9.17) is 5.11 Å². The Hall–Kier alpha value is -0.860. The molecule has 0 heterocycles. The van der Waals surface area contributed by atoms with Crippen LogP contribution in [0.2, 0.25) is 0 Å². The van der Waals surface area contributed by atoms with E-state index in [1.807, 2.05) is 0 Å². The summed E-state index contributed by atoms with van der Waals surface area (Å²) in [5.74, 6) is -1.20. The Morgan fingerprint density at radius 2 is 1.77 bits per heavy atom. The summed E-state index contributed by atoms with van der Waals surface area (Å²) in [5, 5.41) is 8.32. The molecule has 1 N–H and O–H groups in total. The van der Waals surface area contributed by atoms with Gasteiger partial charge in [-0.3, -0.25) is 9.59 Å². The number of carboxylic acids is 1. The highest BCUT2D eigenvalue weighted by atomic mass is 16.4. The number of hydrogen-bond donors (Lipinski definition) is 1. The van der Waals surface area contributed by atoms with Crippen LogP contribution in [-0.2, 0) is 9.59 Å². The van der Waals surface area contributed by atoms with Crippen LogP contribution in [0, 0.1) is 5.41 Å². The molecular formula is C10H18O3. The van der Waals surface area contributed by atoms with Crippen molar-refractivity contribution in [2.24, 2.45) is 5.41 Å². The van der Waals surface area contributed by atoms with Crippen molar-refractivity contribution < 1.29 is 14.7 Å². The largest absolute Gasteiger partial charge is 0.481 e. The van der Waals surface area contributed by atoms with Crippen molar-refractivity contribution in [3.63, 3.8) is 0 Å². The van der Waals surface area contributed by atoms with E-state index in [1.54, 1.807) is 0 Å². The van der Waals surface area contributed by atoms with Gasteiger partial charge in [-0.2, -0.15) is 0 Å². The van der Waals surface area contributed by atoms with Gasteiger partial charge in [-0.25, -0.2) is 0 Å². The molecule has 0 unspecified atom stereocenters. The van der Waals surface area contributed by atoms with Crippen LogP contribution < -0.4 is 0 Å². The molecule has 3 heteroatoms. The predicted molar refractivity (Wildman–Crippen MR) is 50.6 cm³/mol. The molecule has 0 fully saturated rings. The molecule has 13 heavy (non-hydrogen) atoms. The first-order valence-corrected chi connectivity index (χ1v) is 4.55. The lowest BCUT2D eigenvalue weighted by atomic mass is 9.89. The second-order valence-electron chi connectivity index (χ2n) is 4.52. The van der Waals surface area contributed by atoms with E-state index >= 15 is 0 Å². The first-order valence-electron chi connectivity index (χ1n) is 4.55. The zero-order valence-electron chi connectivity index (χ0n) is 8.59. The van der Waals surface area contributed by atoms with Crippen LogP contribution in [0.3, 0.4) is 0 Å². The first kappa shape index (κ1) is 12.1. The summed E-state index contributed by atoms with van der Waals surface area (Å²) < 4.78 is 0. The minimum Gasteiger partial charge on any atom is -0.481 e. The maximum absolute atomic E-state index is 11.0. The molecule has 0 saturated heterocycles. The Morgan fingerprint density at radius 1 is 1.23 bits per heavy atom. The number of aliphatic carboxylic acids is 1. The van der Waals surface area contributed by atoms with Gasteiger partial charge in [-0.15, -0.1) is 0 Å². The average molecular weight is 186 g/mol. The van der Waals surface area contributed by atoms with Gasteiger partial charge in [-0.1, -0.05) is 20.8 Å². The van der Waals surface area contributed by atoms with E-state index in [1.165, 1.54) is 0 Å². The highest BCUT2D eigenvalue weighted by molar-refractivity contribution is 5.94. The van der Waals surface area contributed by atoms with Crippen molar-refractivity contribution in [1.29, 1.82) is 0 Å². The summed E-state index contributed by atoms with van der Waals surface area (Å²) in [6.07, 6.45) is 1.81. The van der Waals surface area contributed by atoms with Gasteiger partial charge in [0.2, 0.25) is 0 Å². The number of ketones is 1. The first-order chi connectivity index (χ1) is 5.81. The molecule has 0 aromatic rings. The van der Waals surface area contributed by atoms with Crippen LogP contribution >= 0.6 is 0 Å². The van der Waals surface area contributed by atoms with Gasteiger partial charge >= 0.3 is 5.97 Å². The lowest BCUT2D eigenvalue weighted by Gasteiger charge is -2.16. The van der Waals surface area contributed by atoms with E-state index in [-0.39, 0.29) is 17.6 Å². The fourth-order valence-electron chi connectivity index (χ4n) is 1.07. The number of carbonyl (C=O) groups is 2. The highest BCUT2D eigenvalue weighted by Gasteiger charge is 2.12. The molecule has 0 aliphatic carbocycles. The van der Waals surface area contributed by atoms with Crippen molar-refractivity contribution in [3.05, 3.63) is 0 Å². The number of carbonyl (C=O) groups excluding carboxylic acids is 1. The molecule has 3 nitrogen and oxygen atoms in total. The summed E-state index contributed by atoms with van der Waals surface area (Å²) in [4.78, 5) is 21.1. The van der Waals surface area contributed by atoms with Crippen molar-refractivity contribution >= 4 is 11.8 Å². The van der Waals surface area contributed by atoms with Crippen LogP contribution in [-0.4, -0.2) is 16.9 Å². The van der Waals surface area contributed by atoms with E-state index in [0.717, 1.165) is 12.8 Å². The Balaban J connectivity index is 3.54. The smallest absolute Gasteiger partial charge is 0.310 e. The summed E-state index contributed by atoms with van der Waals surface area (Å²) in [5.41, 5.74) is 0.226. The van der Waals surface area contributed by atoms with Gasteiger partial charge < -0.3 is 5.11 Å². The van der Waals surface area contributed by atoms with Crippen molar-refractivity contribution in [2.75, 3.05) is 0 Å². The normalized spacial score (nSPS) is 11.3. The third-order valence-electron chi connectivity index (χ3n) is 1.73. The van der Waals surface area contributed by atoms with Crippen LogP contribution in [0.15, 0.2) is 0 Å². The Morgan fingerprint density at radius 3 is 2.15 bits per heavy atom. The van der Waals surface area contributed by atoms with Crippen LogP contribution in [0.25, 0.3) is 0 Å². The summed E-state index contributed by atoms with van der Waals surface area (Å²) in [6, 6.07) is 0. The van der Waals surface area contributed by atoms with Gasteiger partial charge in [0.1, 0.15) is 12.2 Å². The van der Waals surface area contributed by atoms with E-state index in [2.05, 4.69) is 20.8 Å². The maximum Gasteiger partial charge on any atom is 0.310 e. The van der Waals surface area contributed by atoms with E-state index in [9.17, 15) is 9.59 Å². The quantitative estimate of drug-likeness (QED) is 0.670. The maximum atomic E-state index is 11.0. The fourth-order valence-corrected chi connectivity index (χ4v) is 1.07. The molecule has 0 atom stereocenters. The number of rotatable bonds is 5. The zero-order chi connectivity index (χ0) is 10.5. The number of carboxylic acid groups (broad SMARTS) is 1. The molecule has 0 aromatic carbocycles. The second kappa shape index (κ2) is 5.00. The molecule has 0 saturated carbocycles. The Bertz CT molecular complexity index is 189. The van der Waals surface area contributed by atoms with Crippen LogP contribution in [0.1, 0.15) is 46.5 Å². The molecule has 0 bridgehead atoms. The second-order valence-corrected chi connectivity index (χ2v) is 4.52. The highest BCUT2D eigenvalue weighted by Crippen LogP contribution is 2.21. The minimum absolute atomic E-state index is 0.170. The van der Waals surface area contributed by atoms with Gasteiger partial charge in [0.05, 0.1) is 0 Å². The Labute approximate surface area is 79.1 Å². The Kier molecular flexibility index (Phi) is 4.67.